The van der Waals surface area contributed by atoms with E-state index >= 15 is 0 Å². The van der Waals surface area contributed by atoms with E-state index in [1.54, 1.807) is 25.4 Å². The van der Waals surface area contributed by atoms with Gasteiger partial charge in [0.05, 0.1) is 7.11 Å². The first-order valence-electron chi connectivity index (χ1n) is 2.25. The highest BCUT2D eigenvalue weighted by atomic mass is 35.5. The second-order valence-electron chi connectivity index (χ2n) is 1.27. The number of ether oxygens (including phenoxy) is 1. The first-order valence-corrected chi connectivity index (χ1v) is 2.25. The summed E-state index contributed by atoms with van der Waals surface area (Å²) in [4.78, 5) is 0. The van der Waals surface area contributed by atoms with E-state index in [4.69, 9.17) is 4.74 Å². The molecule has 0 aliphatic rings. The van der Waals surface area contributed by atoms with Gasteiger partial charge in [-0.2, -0.15) is 5.10 Å². The van der Waals surface area contributed by atoms with Crippen molar-refractivity contribution >= 4 is 12.4 Å². The lowest BCUT2D eigenvalue weighted by Crippen LogP contribution is -1.86. The molecule has 1 heterocycles. The number of nitrogens with zero attached hydrogens (tertiary/aromatic N) is 2. The van der Waals surface area contributed by atoms with Crippen molar-refractivity contribution < 1.29 is 4.74 Å². The van der Waals surface area contributed by atoms with Gasteiger partial charge in [-0.15, -0.1) is 17.5 Å². The Balaban J connectivity index is 0.000000640. The monoisotopic (exact) mass is 146 g/mol. The Hall–Kier alpha value is -0.830. The van der Waals surface area contributed by atoms with Crippen LogP contribution in [0.4, 0.5) is 0 Å². The van der Waals surface area contributed by atoms with Crippen molar-refractivity contribution in [2.24, 2.45) is 0 Å². The molecule has 0 unspecified atom stereocenters. The van der Waals surface area contributed by atoms with E-state index in [0.29, 0.717) is 5.88 Å². The summed E-state index contributed by atoms with van der Waals surface area (Å²) < 4.78 is 4.74. The summed E-state index contributed by atoms with van der Waals surface area (Å²) >= 11 is 0. The molecule has 0 amide bonds. The molecule has 4 heteroatoms. The fourth-order valence-electron chi connectivity index (χ4n) is 0.396. The van der Waals surface area contributed by atoms with Crippen molar-refractivity contribution in [3.05, 3.63) is 18.3 Å². The third-order valence-corrected chi connectivity index (χ3v) is 0.757. The zero-order chi connectivity index (χ0) is 5.82. The zero-order valence-corrected chi connectivity index (χ0v) is 5.76. The van der Waals surface area contributed by atoms with E-state index in [0.717, 1.165) is 0 Å². The number of hydrogen-bond donors (Lipinski definition) is 0. The Kier molecular flexibility index (Phi) is 3.71. The van der Waals surface area contributed by atoms with Gasteiger partial charge in [0, 0.05) is 12.3 Å². The first kappa shape index (κ1) is 8.17. The van der Waals surface area contributed by atoms with Crippen LogP contribution in [0.1, 0.15) is 0 Å². The maximum atomic E-state index is 4.74. The minimum atomic E-state index is 0. The molecule has 0 aliphatic carbocycles. The molecular formula is C5H7ClN2O. The molecule has 0 saturated carbocycles. The first-order chi connectivity index (χ1) is 3.93. The minimum absolute atomic E-state index is 0. The lowest BCUT2D eigenvalue weighted by Gasteiger charge is -1.91. The number of aromatic nitrogens is 2. The summed E-state index contributed by atoms with van der Waals surface area (Å²) in [6.07, 6.45) is 1.60. The van der Waals surface area contributed by atoms with Crippen LogP contribution in [0.25, 0.3) is 0 Å². The highest BCUT2D eigenvalue weighted by Crippen LogP contribution is 1.97. The highest BCUT2D eigenvalue weighted by molar-refractivity contribution is 5.85. The predicted octanol–water partition coefficient (Wildman–Crippen LogP) is 0.907. The molecule has 50 valence electrons. The highest BCUT2D eigenvalue weighted by Gasteiger charge is 1.83. The molecule has 0 saturated heterocycles. The van der Waals surface area contributed by atoms with Crippen LogP contribution in [0.5, 0.6) is 5.88 Å². The fourth-order valence-corrected chi connectivity index (χ4v) is 0.396. The molecule has 0 atom stereocenters. The average Bonchev–Trinajstić information content (AvgIpc) is 1.90. The van der Waals surface area contributed by atoms with E-state index in [-0.39, 0.29) is 12.4 Å². The molecule has 1 aromatic heterocycles. The van der Waals surface area contributed by atoms with Gasteiger partial charge in [0.2, 0.25) is 5.88 Å². The third-order valence-electron chi connectivity index (χ3n) is 0.757. The Morgan fingerprint density at radius 3 is 2.67 bits per heavy atom. The SMILES string of the molecule is COc1cccnn1.Cl. The van der Waals surface area contributed by atoms with Gasteiger partial charge in [0.25, 0.3) is 0 Å². The van der Waals surface area contributed by atoms with Gasteiger partial charge < -0.3 is 4.74 Å². The van der Waals surface area contributed by atoms with Crippen LogP contribution >= 0.6 is 12.4 Å². The molecule has 0 aliphatic heterocycles. The summed E-state index contributed by atoms with van der Waals surface area (Å²) in [6, 6.07) is 3.51. The van der Waals surface area contributed by atoms with Crippen molar-refractivity contribution in [3.8, 4) is 5.88 Å². The van der Waals surface area contributed by atoms with E-state index in [1.807, 2.05) is 0 Å². The standard InChI is InChI=1S/C5H6N2O.ClH/c1-8-5-3-2-4-6-7-5;/h2-4H,1H3;1H. The van der Waals surface area contributed by atoms with Gasteiger partial charge in [0.1, 0.15) is 0 Å². The molecule has 0 bridgehead atoms. The maximum absolute atomic E-state index is 4.74. The van der Waals surface area contributed by atoms with Crippen LogP contribution in [0.15, 0.2) is 18.3 Å². The van der Waals surface area contributed by atoms with Gasteiger partial charge in [-0.05, 0) is 6.07 Å². The van der Waals surface area contributed by atoms with E-state index in [2.05, 4.69) is 10.2 Å². The second kappa shape index (κ2) is 4.09. The zero-order valence-electron chi connectivity index (χ0n) is 4.94. The lowest BCUT2D eigenvalue weighted by atomic mass is 10.6. The van der Waals surface area contributed by atoms with Crippen LogP contribution < -0.4 is 4.74 Å². The number of hydrogen-bond acceptors (Lipinski definition) is 3. The molecule has 3 nitrogen and oxygen atoms in total. The largest absolute Gasteiger partial charge is 0.480 e. The predicted molar refractivity (Wildman–Crippen MR) is 35.8 cm³/mol. The van der Waals surface area contributed by atoms with Crippen LogP contribution in [-0.2, 0) is 0 Å². The van der Waals surface area contributed by atoms with Gasteiger partial charge >= 0.3 is 0 Å². The minimum Gasteiger partial charge on any atom is -0.480 e. The Labute approximate surface area is 59.5 Å². The van der Waals surface area contributed by atoms with Crippen molar-refractivity contribution in [3.63, 3.8) is 0 Å². The van der Waals surface area contributed by atoms with Gasteiger partial charge in [-0.1, -0.05) is 0 Å². The van der Waals surface area contributed by atoms with Crippen molar-refractivity contribution in [2.75, 3.05) is 7.11 Å². The smallest absolute Gasteiger partial charge is 0.233 e. The summed E-state index contributed by atoms with van der Waals surface area (Å²) in [5, 5.41) is 7.21. The van der Waals surface area contributed by atoms with Crippen LogP contribution in [-0.4, -0.2) is 17.3 Å². The van der Waals surface area contributed by atoms with Crippen molar-refractivity contribution in [1.82, 2.24) is 10.2 Å². The molecule has 0 spiro atoms. The number of rotatable bonds is 1. The van der Waals surface area contributed by atoms with Gasteiger partial charge in [-0.3, -0.25) is 0 Å². The van der Waals surface area contributed by atoms with Gasteiger partial charge in [-0.25, -0.2) is 0 Å². The Morgan fingerprint density at radius 2 is 2.33 bits per heavy atom. The van der Waals surface area contributed by atoms with E-state index in [9.17, 15) is 0 Å². The molecule has 9 heavy (non-hydrogen) atoms. The quantitative estimate of drug-likeness (QED) is 0.591. The number of methoxy groups -OCH3 is 1. The summed E-state index contributed by atoms with van der Waals surface area (Å²) in [7, 11) is 1.56. The maximum Gasteiger partial charge on any atom is 0.233 e. The molecule has 1 aromatic rings. The molecule has 0 aromatic carbocycles. The fraction of sp³-hybridized carbons (Fsp3) is 0.200. The Morgan fingerprint density at radius 1 is 1.56 bits per heavy atom. The van der Waals surface area contributed by atoms with Crippen LogP contribution in [0.2, 0.25) is 0 Å². The van der Waals surface area contributed by atoms with Crippen LogP contribution in [0.3, 0.4) is 0 Å². The molecular weight excluding hydrogens is 140 g/mol. The number of halogens is 1. The summed E-state index contributed by atoms with van der Waals surface area (Å²) in [6.45, 7) is 0. The topological polar surface area (TPSA) is 35.0 Å². The van der Waals surface area contributed by atoms with Crippen molar-refractivity contribution in [2.45, 2.75) is 0 Å². The Bertz CT molecular complexity index is 156. The van der Waals surface area contributed by atoms with Crippen LogP contribution in [0, 0.1) is 0 Å². The molecule has 0 N–H and O–H groups in total. The molecule has 1 rings (SSSR count). The molecule has 0 fully saturated rings. The third kappa shape index (κ3) is 2.28. The van der Waals surface area contributed by atoms with Gasteiger partial charge in [0.15, 0.2) is 0 Å². The molecule has 0 radical (unpaired) electrons. The van der Waals surface area contributed by atoms with E-state index < -0.39 is 0 Å². The normalized spacial score (nSPS) is 7.67. The lowest BCUT2D eigenvalue weighted by molar-refractivity contribution is 0.392. The average molecular weight is 147 g/mol. The summed E-state index contributed by atoms with van der Waals surface area (Å²) in [5.41, 5.74) is 0. The summed E-state index contributed by atoms with van der Waals surface area (Å²) in [5.74, 6) is 0.549. The second-order valence-corrected chi connectivity index (χ2v) is 1.27. The van der Waals surface area contributed by atoms with E-state index in [1.165, 1.54) is 0 Å². The van der Waals surface area contributed by atoms with Crippen molar-refractivity contribution in [1.29, 1.82) is 0 Å².